The van der Waals surface area contributed by atoms with E-state index in [1.807, 2.05) is 30.3 Å². The number of rotatable bonds is 3. The van der Waals surface area contributed by atoms with Crippen molar-refractivity contribution in [2.75, 3.05) is 7.11 Å². The smallest absolute Gasteiger partial charge is 0.341 e. The van der Waals surface area contributed by atoms with Gasteiger partial charge in [0.1, 0.15) is 5.57 Å². The van der Waals surface area contributed by atoms with Gasteiger partial charge in [0.25, 0.3) is 5.56 Å². The third-order valence-corrected chi connectivity index (χ3v) is 4.13. The average molecular weight is 351 g/mol. The summed E-state index contributed by atoms with van der Waals surface area (Å²) in [5.41, 5.74) is 1.54. The van der Waals surface area contributed by atoms with Crippen molar-refractivity contribution in [3.63, 3.8) is 0 Å². The number of hydrogen-bond acceptors (Lipinski definition) is 5. The highest BCUT2D eigenvalue weighted by Gasteiger charge is 2.21. The zero-order chi connectivity index (χ0) is 18.8. The standard InChI is InChI=1S/C19H17N3O4/c1-12-17(18(24)22(21(12)2)14-7-5-4-6-8-14)20-13-9-10-16(23)15(11-13)19(25)26-3/h4-11H,1-3H3. The lowest BCUT2D eigenvalue weighted by atomic mass is 10.0. The van der Waals surface area contributed by atoms with Crippen LogP contribution in [0.25, 0.3) is 5.69 Å². The number of carbonyl (C=O) groups is 2. The molecule has 0 saturated carbocycles. The molecular weight excluding hydrogens is 334 g/mol. The summed E-state index contributed by atoms with van der Waals surface area (Å²) in [6, 6.07) is 9.21. The van der Waals surface area contributed by atoms with E-state index in [1.165, 1.54) is 30.0 Å². The van der Waals surface area contributed by atoms with Crippen LogP contribution >= 0.6 is 0 Å². The number of allylic oxidation sites excluding steroid dienone is 3. The van der Waals surface area contributed by atoms with Gasteiger partial charge >= 0.3 is 5.97 Å². The van der Waals surface area contributed by atoms with Gasteiger partial charge in [0.05, 0.1) is 24.2 Å². The van der Waals surface area contributed by atoms with E-state index in [1.54, 1.807) is 18.7 Å². The molecule has 0 saturated heterocycles. The third kappa shape index (κ3) is 2.95. The Morgan fingerprint density at radius 3 is 2.46 bits per heavy atom. The molecule has 1 heterocycles. The maximum absolute atomic E-state index is 12.9. The van der Waals surface area contributed by atoms with Crippen LogP contribution in [-0.2, 0) is 21.4 Å². The van der Waals surface area contributed by atoms with Gasteiger partial charge in [-0.3, -0.25) is 14.3 Å². The number of benzene rings is 1. The van der Waals surface area contributed by atoms with E-state index in [0.29, 0.717) is 11.4 Å². The largest absolute Gasteiger partial charge is 0.465 e. The van der Waals surface area contributed by atoms with E-state index in [2.05, 4.69) is 9.73 Å². The van der Waals surface area contributed by atoms with Crippen molar-refractivity contribution in [2.45, 2.75) is 6.92 Å². The Hall–Kier alpha value is -3.48. The van der Waals surface area contributed by atoms with Crippen LogP contribution in [0.2, 0.25) is 0 Å². The fourth-order valence-corrected chi connectivity index (χ4v) is 2.67. The summed E-state index contributed by atoms with van der Waals surface area (Å²) in [5.74, 6) is -1.19. The van der Waals surface area contributed by atoms with E-state index < -0.39 is 11.8 Å². The molecule has 0 unspecified atom stereocenters. The molecule has 0 bridgehead atoms. The van der Waals surface area contributed by atoms with Crippen molar-refractivity contribution in [1.29, 1.82) is 0 Å². The first-order chi connectivity index (χ1) is 12.4. The number of ether oxygens (including phenoxy) is 1. The number of aliphatic imine (C=N–C) groups is 1. The Kier molecular flexibility index (Phi) is 4.53. The molecule has 26 heavy (non-hydrogen) atoms. The first-order valence-corrected chi connectivity index (χ1v) is 7.89. The summed E-state index contributed by atoms with van der Waals surface area (Å²) in [6.45, 7) is 1.78. The highest BCUT2D eigenvalue weighted by Crippen LogP contribution is 2.18. The van der Waals surface area contributed by atoms with Crippen LogP contribution in [0, 0.1) is 6.92 Å². The van der Waals surface area contributed by atoms with E-state index >= 15 is 0 Å². The Bertz CT molecular complexity index is 1040. The minimum atomic E-state index is -0.737. The van der Waals surface area contributed by atoms with Gasteiger partial charge in [-0.25, -0.2) is 14.5 Å². The molecule has 1 aromatic heterocycles. The molecule has 0 aliphatic heterocycles. The lowest BCUT2D eigenvalue weighted by Gasteiger charge is -2.07. The van der Waals surface area contributed by atoms with Gasteiger partial charge in [-0.1, -0.05) is 18.2 Å². The fraction of sp³-hybridized carbons (Fsp3) is 0.158. The quantitative estimate of drug-likeness (QED) is 0.480. The van der Waals surface area contributed by atoms with Crippen LogP contribution < -0.4 is 5.56 Å². The first-order valence-electron chi connectivity index (χ1n) is 7.89. The zero-order valence-electron chi connectivity index (χ0n) is 14.6. The maximum Gasteiger partial charge on any atom is 0.341 e. The molecule has 0 radical (unpaired) electrons. The molecule has 1 aliphatic carbocycles. The van der Waals surface area contributed by atoms with Gasteiger partial charge in [-0.05, 0) is 37.3 Å². The number of aromatic nitrogens is 2. The number of carbonyl (C=O) groups excluding carboxylic acids is 2. The van der Waals surface area contributed by atoms with E-state index in [4.69, 9.17) is 0 Å². The molecule has 3 rings (SSSR count). The zero-order valence-corrected chi connectivity index (χ0v) is 14.6. The monoisotopic (exact) mass is 351 g/mol. The number of ketones is 1. The Morgan fingerprint density at radius 1 is 1.12 bits per heavy atom. The molecule has 1 aliphatic rings. The van der Waals surface area contributed by atoms with E-state index in [-0.39, 0.29) is 16.8 Å². The second-order valence-corrected chi connectivity index (χ2v) is 5.69. The molecule has 2 aromatic rings. The second kappa shape index (κ2) is 6.79. The number of esters is 1. The minimum absolute atomic E-state index is 0.120. The highest BCUT2D eigenvalue weighted by atomic mass is 16.5. The maximum atomic E-state index is 12.9. The van der Waals surface area contributed by atoms with Crippen molar-refractivity contribution in [2.24, 2.45) is 12.0 Å². The fourth-order valence-electron chi connectivity index (χ4n) is 2.67. The Balaban J connectivity index is 2.12. The van der Waals surface area contributed by atoms with Gasteiger partial charge in [-0.15, -0.1) is 0 Å². The third-order valence-electron chi connectivity index (χ3n) is 4.13. The molecule has 0 spiro atoms. The summed E-state index contributed by atoms with van der Waals surface area (Å²) >= 11 is 0. The van der Waals surface area contributed by atoms with Crippen molar-refractivity contribution in [3.05, 3.63) is 70.2 Å². The number of nitrogens with zero attached hydrogens (tertiary/aromatic N) is 3. The van der Waals surface area contributed by atoms with Gasteiger partial charge in [-0.2, -0.15) is 0 Å². The molecule has 0 atom stereocenters. The molecule has 132 valence electrons. The molecule has 0 amide bonds. The summed E-state index contributed by atoms with van der Waals surface area (Å²) < 4.78 is 7.82. The lowest BCUT2D eigenvalue weighted by Crippen LogP contribution is -2.19. The van der Waals surface area contributed by atoms with Gasteiger partial charge in [0.2, 0.25) is 0 Å². The summed E-state index contributed by atoms with van der Waals surface area (Å²) in [4.78, 5) is 40.7. The molecule has 7 heteroatoms. The van der Waals surface area contributed by atoms with Crippen LogP contribution in [0.5, 0.6) is 0 Å². The molecule has 7 nitrogen and oxygen atoms in total. The number of hydrogen-bond donors (Lipinski definition) is 0. The van der Waals surface area contributed by atoms with Crippen LogP contribution in [0.3, 0.4) is 0 Å². The average Bonchev–Trinajstić information content (AvgIpc) is 2.86. The SMILES string of the molecule is COC(=O)C1=CC(=Nc2c(C)n(C)n(-c3ccccc3)c2=O)C=CC1=O. The lowest BCUT2D eigenvalue weighted by molar-refractivity contribution is -0.137. The highest BCUT2D eigenvalue weighted by molar-refractivity contribution is 6.30. The van der Waals surface area contributed by atoms with E-state index in [9.17, 15) is 14.4 Å². The van der Waals surface area contributed by atoms with Gasteiger partial charge in [0, 0.05) is 7.05 Å². The number of para-hydroxylation sites is 1. The van der Waals surface area contributed by atoms with Gasteiger partial charge < -0.3 is 4.74 Å². The summed E-state index contributed by atoms with van der Waals surface area (Å²) in [7, 11) is 2.97. The van der Waals surface area contributed by atoms with Crippen molar-refractivity contribution >= 4 is 23.2 Å². The van der Waals surface area contributed by atoms with Crippen molar-refractivity contribution < 1.29 is 14.3 Å². The topological polar surface area (TPSA) is 82.7 Å². The molecule has 0 N–H and O–H groups in total. The second-order valence-electron chi connectivity index (χ2n) is 5.69. The van der Waals surface area contributed by atoms with Crippen LogP contribution in [0.15, 0.2) is 63.9 Å². The summed E-state index contributed by atoms with van der Waals surface area (Å²) in [5, 5.41) is 0. The van der Waals surface area contributed by atoms with E-state index in [0.717, 1.165) is 5.69 Å². The van der Waals surface area contributed by atoms with Crippen molar-refractivity contribution in [1.82, 2.24) is 9.36 Å². The molecule has 1 aromatic carbocycles. The van der Waals surface area contributed by atoms with Crippen LogP contribution in [0.4, 0.5) is 5.69 Å². The predicted octanol–water partition coefficient (Wildman–Crippen LogP) is 1.80. The Morgan fingerprint density at radius 2 is 1.81 bits per heavy atom. The van der Waals surface area contributed by atoms with Crippen LogP contribution in [-0.4, -0.2) is 33.9 Å². The predicted molar refractivity (Wildman–Crippen MR) is 97.1 cm³/mol. The van der Waals surface area contributed by atoms with Gasteiger partial charge in [0.15, 0.2) is 11.5 Å². The van der Waals surface area contributed by atoms with Crippen molar-refractivity contribution in [3.8, 4) is 5.69 Å². The minimum Gasteiger partial charge on any atom is -0.465 e. The Labute approximate surface area is 149 Å². The van der Waals surface area contributed by atoms with Crippen LogP contribution in [0.1, 0.15) is 5.69 Å². The molecule has 0 fully saturated rings. The molecular formula is C19H17N3O4. The summed E-state index contributed by atoms with van der Waals surface area (Å²) in [6.07, 6.45) is 4.03. The first kappa shape index (κ1) is 17.3. The normalized spacial score (nSPS) is 15.3. The number of methoxy groups -OCH3 is 1.